The van der Waals surface area contributed by atoms with E-state index in [1.807, 2.05) is 6.92 Å². The first-order chi connectivity index (χ1) is 8.97. The van der Waals surface area contributed by atoms with Crippen molar-refractivity contribution in [2.75, 3.05) is 13.1 Å². The lowest BCUT2D eigenvalue weighted by Gasteiger charge is -2.20. The van der Waals surface area contributed by atoms with Gasteiger partial charge in [0.05, 0.1) is 0 Å². The maximum absolute atomic E-state index is 13.8. The summed E-state index contributed by atoms with van der Waals surface area (Å²) in [5.41, 5.74) is 6.04. The molecule has 19 heavy (non-hydrogen) atoms. The molecule has 0 aromatic heterocycles. The van der Waals surface area contributed by atoms with Crippen molar-refractivity contribution in [2.24, 2.45) is 5.73 Å². The Bertz CT molecular complexity index is 544. The van der Waals surface area contributed by atoms with E-state index in [0.29, 0.717) is 18.5 Å². The van der Waals surface area contributed by atoms with E-state index in [1.54, 1.807) is 0 Å². The molecule has 0 spiro atoms. The van der Waals surface area contributed by atoms with E-state index in [2.05, 4.69) is 6.58 Å². The van der Waals surface area contributed by atoms with Crippen molar-refractivity contribution in [2.45, 2.75) is 24.8 Å². The van der Waals surface area contributed by atoms with Crippen molar-refractivity contribution in [3.63, 3.8) is 0 Å². The van der Waals surface area contributed by atoms with Crippen LogP contribution >= 0.6 is 0 Å². The molecule has 2 N–H and O–H groups in total. The minimum absolute atomic E-state index is 0.155. The van der Waals surface area contributed by atoms with Gasteiger partial charge in [0.2, 0.25) is 10.0 Å². The molecule has 0 radical (unpaired) electrons. The average molecular weight is 286 g/mol. The molecule has 0 amide bonds. The number of sulfonamides is 1. The van der Waals surface area contributed by atoms with Gasteiger partial charge in [-0.1, -0.05) is 19.1 Å². The molecule has 6 heteroatoms. The Balaban J connectivity index is 3.27. The van der Waals surface area contributed by atoms with Gasteiger partial charge in [0, 0.05) is 19.6 Å². The number of halogens is 1. The topological polar surface area (TPSA) is 63.4 Å². The highest BCUT2D eigenvalue weighted by Gasteiger charge is 2.26. The van der Waals surface area contributed by atoms with E-state index in [0.717, 1.165) is 6.07 Å². The van der Waals surface area contributed by atoms with Gasteiger partial charge in [0.25, 0.3) is 0 Å². The van der Waals surface area contributed by atoms with Gasteiger partial charge in [0.15, 0.2) is 0 Å². The molecule has 106 valence electrons. The van der Waals surface area contributed by atoms with Crippen LogP contribution in [-0.2, 0) is 16.6 Å². The highest BCUT2D eigenvalue weighted by Crippen LogP contribution is 2.21. The van der Waals surface area contributed by atoms with Crippen molar-refractivity contribution < 1.29 is 12.8 Å². The fourth-order valence-electron chi connectivity index (χ4n) is 1.71. The quantitative estimate of drug-likeness (QED) is 0.778. The SMILES string of the molecule is C=CCN(CCC)S(=O)(=O)c1cc(CN)ccc1F. The Kier molecular flexibility index (Phi) is 5.65. The van der Waals surface area contributed by atoms with E-state index in [9.17, 15) is 12.8 Å². The maximum Gasteiger partial charge on any atom is 0.246 e. The highest BCUT2D eigenvalue weighted by atomic mass is 32.2. The molecular formula is C13H19FN2O2S. The number of nitrogens with zero attached hydrogens (tertiary/aromatic N) is 1. The van der Waals surface area contributed by atoms with Crippen LogP contribution in [0.1, 0.15) is 18.9 Å². The van der Waals surface area contributed by atoms with Gasteiger partial charge < -0.3 is 5.73 Å². The summed E-state index contributed by atoms with van der Waals surface area (Å²) >= 11 is 0. The van der Waals surface area contributed by atoms with E-state index in [-0.39, 0.29) is 18.0 Å². The molecule has 0 bridgehead atoms. The first kappa shape index (κ1) is 15.8. The molecule has 0 aliphatic heterocycles. The van der Waals surface area contributed by atoms with E-state index in [4.69, 9.17) is 5.73 Å². The molecule has 0 heterocycles. The summed E-state index contributed by atoms with van der Waals surface area (Å²) in [4.78, 5) is -0.328. The number of nitrogens with two attached hydrogens (primary N) is 1. The summed E-state index contributed by atoms with van der Waals surface area (Å²) in [6.45, 7) is 6.03. The number of rotatable bonds is 7. The van der Waals surface area contributed by atoms with Crippen LogP contribution in [0.25, 0.3) is 0 Å². The molecule has 0 fully saturated rings. The summed E-state index contributed by atoms with van der Waals surface area (Å²) in [5, 5.41) is 0. The van der Waals surface area contributed by atoms with Crippen molar-refractivity contribution in [1.82, 2.24) is 4.31 Å². The molecule has 1 aromatic rings. The Morgan fingerprint density at radius 1 is 1.47 bits per heavy atom. The lowest BCUT2D eigenvalue weighted by molar-refractivity contribution is 0.436. The van der Waals surface area contributed by atoms with E-state index < -0.39 is 15.8 Å². The summed E-state index contributed by atoms with van der Waals surface area (Å²) in [5.74, 6) is -0.762. The number of hydrogen-bond acceptors (Lipinski definition) is 3. The van der Waals surface area contributed by atoms with Gasteiger partial charge in [-0.05, 0) is 24.1 Å². The largest absolute Gasteiger partial charge is 0.326 e. The molecule has 1 aromatic carbocycles. The van der Waals surface area contributed by atoms with Crippen LogP contribution in [0.15, 0.2) is 35.7 Å². The zero-order valence-electron chi connectivity index (χ0n) is 11.0. The molecule has 0 aliphatic rings. The summed E-state index contributed by atoms with van der Waals surface area (Å²) in [7, 11) is -3.86. The standard InChI is InChI=1S/C13H19FN2O2S/c1-3-7-16(8-4-2)19(17,18)13-9-11(10-15)5-6-12(13)14/h3,5-6,9H,1,4,7-8,10,15H2,2H3. The Morgan fingerprint density at radius 2 is 2.16 bits per heavy atom. The summed E-state index contributed by atoms with van der Waals surface area (Å²) in [6, 6.07) is 3.90. The predicted molar refractivity (Wildman–Crippen MR) is 73.5 cm³/mol. The van der Waals surface area contributed by atoms with Gasteiger partial charge >= 0.3 is 0 Å². The van der Waals surface area contributed by atoms with Crippen LogP contribution < -0.4 is 5.73 Å². The second kappa shape index (κ2) is 6.79. The van der Waals surface area contributed by atoms with Crippen molar-refractivity contribution in [3.05, 3.63) is 42.2 Å². The third-order valence-electron chi connectivity index (χ3n) is 2.65. The zero-order chi connectivity index (χ0) is 14.5. The minimum Gasteiger partial charge on any atom is -0.326 e. The molecule has 0 saturated carbocycles. The van der Waals surface area contributed by atoms with E-state index in [1.165, 1.54) is 22.5 Å². The second-order valence-electron chi connectivity index (χ2n) is 4.12. The Labute approximate surface area is 113 Å². The first-order valence-electron chi connectivity index (χ1n) is 6.06. The van der Waals surface area contributed by atoms with Gasteiger partial charge in [0.1, 0.15) is 10.7 Å². The van der Waals surface area contributed by atoms with Crippen LogP contribution in [0.3, 0.4) is 0 Å². The maximum atomic E-state index is 13.8. The molecule has 1 rings (SSSR count). The normalized spacial score (nSPS) is 11.8. The lowest BCUT2D eigenvalue weighted by Crippen LogP contribution is -2.32. The summed E-state index contributed by atoms with van der Waals surface area (Å²) in [6.07, 6.45) is 2.13. The van der Waals surface area contributed by atoms with Crippen molar-refractivity contribution in [3.8, 4) is 0 Å². The minimum atomic E-state index is -3.86. The smallest absolute Gasteiger partial charge is 0.246 e. The van der Waals surface area contributed by atoms with Gasteiger partial charge in [-0.25, -0.2) is 12.8 Å². The fourth-order valence-corrected chi connectivity index (χ4v) is 3.33. The molecule has 0 atom stereocenters. The lowest BCUT2D eigenvalue weighted by atomic mass is 10.2. The number of benzene rings is 1. The molecule has 4 nitrogen and oxygen atoms in total. The van der Waals surface area contributed by atoms with Crippen LogP contribution in [0.4, 0.5) is 4.39 Å². The molecule has 0 aliphatic carbocycles. The van der Waals surface area contributed by atoms with Crippen LogP contribution in [0, 0.1) is 5.82 Å². The molecule has 0 saturated heterocycles. The fraction of sp³-hybridized carbons (Fsp3) is 0.385. The Morgan fingerprint density at radius 3 is 2.68 bits per heavy atom. The van der Waals surface area contributed by atoms with Crippen LogP contribution in [0.2, 0.25) is 0 Å². The predicted octanol–water partition coefficient (Wildman–Crippen LogP) is 1.87. The van der Waals surface area contributed by atoms with Crippen LogP contribution in [-0.4, -0.2) is 25.8 Å². The first-order valence-corrected chi connectivity index (χ1v) is 7.50. The highest BCUT2D eigenvalue weighted by molar-refractivity contribution is 7.89. The average Bonchev–Trinajstić information content (AvgIpc) is 2.39. The number of hydrogen-bond donors (Lipinski definition) is 1. The monoisotopic (exact) mass is 286 g/mol. The molecular weight excluding hydrogens is 267 g/mol. The third-order valence-corrected chi connectivity index (χ3v) is 4.54. The summed E-state index contributed by atoms with van der Waals surface area (Å²) < 4.78 is 39.8. The van der Waals surface area contributed by atoms with E-state index >= 15 is 0 Å². The van der Waals surface area contributed by atoms with Crippen molar-refractivity contribution >= 4 is 10.0 Å². The van der Waals surface area contributed by atoms with Gasteiger partial charge in [-0.2, -0.15) is 4.31 Å². The molecule has 0 unspecified atom stereocenters. The second-order valence-corrected chi connectivity index (χ2v) is 6.03. The zero-order valence-corrected chi connectivity index (χ0v) is 11.8. The van der Waals surface area contributed by atoms with Crippen molar-refractivity contribution in [1.29, 1.82) is 0 Å². The third kappa shape index (κ3) is 3.62. The Hall–Kier alpha value is -1.24. The van der Waals surface area contributed by atoms with Crippen LogP contribution in [0.5, 0.6) is 0 Å². The van der Waals surface area contributed by atoms with Gasteiger partial charge in [-0.3, -0.25) is 0 Å². The van der Waals surface area contributed by atoms with Gasteiger partial charge in [-0.15, -0.1) is 6.58 Å².